The Morgan fingerprint density at radius 2 is 1.67 bits per heavy atom. The summed E-state index contributed by atoms with van der Waals surface area (Å²) in [6, 6.07) is 8.50. The number of allylic oxidation sites excluding steroid dienone is 6. The van der Waals surface area contributed by atoms with Gasteiger partial charge in [-0.15, -0.1) is 0 Å². The molecule has 1 saturated carbocycles. The molecule has 1 N–H and O–H groups in total. The zero-order chi connectivity index (χ0) is 22.1. The highest BCUT2D eigenvalue weighted by molar-refractivity contribution is 5.99. The summed E-state index contributed by atoms with van der Waals surface area (Å²) in [5, 5.41) is 3.52. The average Bonchev–Trinajstić information content (AvgIpc) is 2.73. The van der Waals surface area contributed by atoms with Gasteiger partial charge in [0.25, 0.3) is 0 Å². The van der Waals surface area contributed by atoms with Gasteiger partial charge in [-0.1, -0.05) is 68.4 Å². The topological polar surface area (TPSA) is 24.4 Å². The predicted octanol–water partition coefficient (Wildman–Crippen LogP) is 8.37. The van der Waals surface area contributed by atoms with Gasteiger partial charge >= 0.3 is 0 Å². The Kier molecular flexibility index (Phi) is 9.11. The lowest BCUT2D eigenvalue weighted by molar-refractivity contribution is 0.405. The van der Waals surface area contributed by atoms with Crippen molar-refractivity contribution in [2.75, 3.05) is 5.32 Å². The van der Waals surface area contributed by atoms with E-state index in [1.165, 1.54) is 37.7 Å². The lowest BCUT2D eigenvalue weighted by Gasteiger charge is -2.24. The van der Waals surface area contributed by atoms with E-state index in [2.05, 4.69) is 76.2 Å². The Hall–Kier alpha value is -2.61. The molecular formula is C28H38N2. The molecule has 1 aromatic carbocycles. The zero-order valence-electron chi connectivity index (χ0n) is 19.4. The van der Waals surface area contributed by atoms with E-state index in [0.29, 0.717) is 5.92 Å². The Balaban J connectivity index is 2.13. The molecule has 0 unspecified atom stereocenters. The molecule has 0 atom stereocenters. The number of hydrogen-bond donors (Lipinski definition) is 1. The maximum Gasteiger partial charge on any atom is 0.0622 e. The van der Waals surface area contributed by atoms with Crippen molar-refractivity contribution in [3.05, 3.63) is 89.8 Å². The van der Waals surface area contributed by atoms with Crippen molar-refractivity contribution in [2.45, 2.75) is 66.2 Å². The van der Waals surface area contributed by atoms with Crippen LogP contribution in [-0.2, 0) is 0 Å². The minimum atomic E-state index is 0.604. The highest BCUT2D eigenvalue weighted by Crippen LogP contribution is 2.29. The summed E-state index contributed by atoms with van der Waals surface area (Å²) < 4.78 is 0. The van der Waals surface area contributed by atoms with Gasteiger partial charge in [-0.3, -0.25) is 4.99 Å². The molecule has 2 heteroatoms. The van der Waals surface area contributed by atoms with Crippen LogP contribution in [0.3, 0.4) is 0 Å². The highest BCUT2D eigenvalue weighted by atomic mass is 14.9. The third-order valence-electron chi connectivity index (χ3n) is 5.60. The maximum atomic E-state index is 4.91. The number of hydrogen-bond acceptors (Lipinski definition) is 2. The van der Waals surface area contributed by atoms with Crippen LogP contribution in [0.1, 0.15) is 71.8 Å². The van der Waals surface area contributed by atoms with Crippen LogP contribution in [0.2, 0.25) is 0 Å². The van der Waals surface area contributed by atoms with Crippen LogP contribution < -0.4 is 5.32 Å². The summed E-state index contributed by atoms with van der Waals surface area (Å²) in [7, 11) is 0. The minimum Gasteiger partial charge on any atom is -0.359 e. The molecule has 0 bridgehead atoms. The Morgan fingerprint density at radius 3 is 2.20 bits per heavy atom. The normalized spacial score (nSPS) is 15.5. The summed E-state index contributed by atoms with van der Waals surface area (Å²) >= 11 is 0. The fourth-order valence-corrected chi connectivity index (χ4v) is 3.77. The first-order valence-electron chi connectivity index (χ1n) is 11.1. The van der Waals surface area contributed by atoms with Crippen molar-refractivity contribution in [1.29, 1.82) is 0 Å². The molecule has 160 valence electrons. The van der Waals surface area contributed by atoms with Crippen molar-refractivity contribution in [3.63, 3.8) is 0 Å². The van der Waals surface area contributed by atoms with E-state index in [4.69, 9.17) is 4.99 Å². The zero-order valence-corrected chi connectivity index (χ0v) is 19.4. The van der Waals surface area contributed by atoms with E-state index in [1.54, 1.807) is 0 Å². The molecule has 30 heavy (non-hydrogen) atoms. The molecule has 2 nitrogen and oxygen atoms in total. The van der Waals surface area contributed by atoms with Gasteiger partial charge in [0, 0.05) is 17.1 Å². The second-order valence-electron chi connectivity index (χ2n) is 8.70. The van der Waals surface area contributed by atoms with E-state index in [0.717, 1.165) is 45.9 Å². The van der Waals surface area contributed by atoms with Gasteiger partial charge in [-0.05, 0) is 82.2 Å². The van der Waals surface area contributed by atoms with Crippen LogP contribution in [0.5, 0.6) is 0 Å². The van der Waals surface area contributed by atoms with Crippen LogP contribution in [0.15, 0.2) is 89.3 Å². The third kappa shape index (κ3) is 7.33. The number of nitrogens with zero attached hydrogens (tertiary/aromatic N) is 1. The maximum absolute atomic E-state index is 4.91. The molecule has 0 aliphatic heterocycles. The van der Waals surface area contributed by atoms with E-state index in [9.17, 15) is 0 Å². The van der Waals surface area contributed by atoms with Gasteiger partial charge in [0.1, 0.15) is 0 Å². The number of nitrogens with one attached hydrogen (secondary N) is 1. The van der Waals surface area contributed by atoms with Gasteiger partial charge < -0.3 is 5.32 Å². The first-order valence-corrected chi connectivity index (χ1v) is 11.1. The van der Waals surface area contributed by atoms with Crippen molar-refractivity contribution in [3.8, 4) is 0 Å². The summed E-state index contributed by atoms with van der Waals surface area (Å²) in [4.78, 5) is 4.91. The van der Waals surface area contributed by atoms with Crippen molar-refractivity contribution in [2.24, 2.45) is 10.9 Å². The molecule has 1 aliphatic rings. The summed E-state index contributed by atoms with van der Waals surface area (Å²) in [6.07, 6.45) is 11.3. The molecule has 0 spiro atoms. The SMILES string of the molecule is C=C/C(=C\C(N=C(C)c1ccc(NC(=C)C2CCCCC2)cc1)=C(C)C)CC(=C)C. The molecule has 0 heterocycles. The lowest BCUT2D eigenvalue weighted by atomic mass is 9.87. The molecule has 0 radical (unpaired) electrons. The van der Waals surface area contributed by atoms with Gasteiger partial charge in [-0.2, -0.15) is 0 Å². The second-order valence-corrected chi connectivity index (χ2v) is 8.70. The minimum absolute atomic E-state index is 0.604. The highest BCUT2D eigenvalue weighted by Gasteiger charge is 2.16. The molecule has 0 saturated heterocycles. The van der Waals surface area contributed by atoms with Crippen LogP contribution in [0, 0.1) is 5.92 Å². The van der Waals surface area contributed by atoms with E-state index in [1.807, 2.05) is 13.0 Å². The van der Waals surface area contributed by atoms with Crippen LogP contribution in [-0.4, -0.2) is 5.71 Å². The Morgan fingerprint density at radius 1 is 1.03 bits per heavy atom. The quantitative estimate of drug-likeness (QED) is 0.250. The van der Waals surface area contributed by atoms with Crippen LogP contribution >= 0.6 is 0 Å². The van der Waals surface area contributed by atoms with Crippen molar-refractivity contribution >= 4 is 11.4 Å². The second kappa shape index (κ2) is 11.5. The lowest BCUT2D eigenvalue weighted by Crippen LogP contribution is -2.14. The number of aliphatic imine (C=N–C) groups is 1. The standard InChI is InChI=1S/C28H38N2/c1-8-24(18-20(2)3)19-28(21(4)5)30-23(7)26-14-16-27(17-15-26)29-22(6)25-12-10-9-11-13-25/h8,14-17,19,25,29H,1-2,6,9-13,18H2,3-5,7H3/b24-19+,30-23?. The summed E-state index contributed by atoms with van der Waals surface area (Å²) in [5.41, 5.74) is 8.78. The van der Waals surface area contributed by atoms with Gasteiger partial charge in [0.05, 0.1) is 5.70 Å². The molecule has 0 amide bonds. The summed E-state index contributed by atoms with van der Waals surface area (Å²) in [5.74, 6) is 0.604. The van der Waals surface area contributed by atoms with E-state index < -0.39 is 0 Å². The van der Waals surface area contributed by atoms with E-state index in [-0.39, 0.29) is 0 Å². The first kappa shape index (κ1) is 23.7. The number of rotatable bonds is 9. The van der Waals surface area contributed by atoms with Crippen LogP contribution in [0.25, 0.3) is 0 Å². The molecular weight excluding hydrogens is 364 g/mol. The number of benzene rings is 1. The monoisotopic (exact) mass is 402 g/mol. The van der Waals surface area contributed by atoms with Crippen molar-refractivity contribution in [1.82, 2.24) is 0 Å². The molecule has 1 aliphatic carbocycles. The van der Waals surface area contributed by atoms with E-state index >= 15 is 0 Å². The average molecular weight is 403 g/mol. The van der Waals surface area contributed by atoms with Crippen LogP contribution in [0.4, 0.5) is 5.69 Å². The Labute approximate surface area is 183 Å². The van der Waals surface area contributed by atoms with Crippen molar-refractivity contribution < 1.29 is 0 Å². The predicted molar refractivity (Wildman–Crippen MR) is 134 cm³/mol. The fraction of sp³-hybridized carbons (Fsp3) is 0.393. The third-order valence-corrected chi connectivity index (χ3v) is 5.60. The van der Waals surface area contributed by atoms with Gasteiger partial charge in [0.2, 0.25) is 0 Å². The molecule has 1 fully saturated rings. The first-order chi connectivity index (χ1) is 14.3. The number of anilines is 1. The smallest absolute Gasteiger partial charge is 0.0622 e. The molecule has 2 rings (SSSR count). The van der Waals surface area contributed by atoms with Gasteiger partial charge in [-0.25, -0.2) is 0 Å². The van der Waals surface area contributed by atoms with Gasteiger partial charge in [0.15, 0.2) is 0 Å². The Bertz CT molecular complexity index is 852. The largest absolute Gasteiger partial charge is 0.359 e. The molecule has 0 aromatic heterocycles. The summed E-state index contributed by atoms with van der Waals surface area (Å²) in [6.45, 7) is 20.5. The fourth-order valence-electron chi connectivity index (χ4n) is 3.77. The molecule has 1 aromatic rings.